The molecule has 0 amide bonds. The van der Waals surface area contributed by atoms with E-state index >= 15 is 0 Å². The van der Waals surface area contributed by atoms with E-state index in [1.807, 2.05) is 31.2 Å². The van der Waals surface area contributed by atoms with Gasteiger partial charge in [0.2, 0.25) is 0 Å². The van der Waals surface area contributed by atoms with Crippen LogP contribution in [0.15, 0.2) is 109 Å². The van der Waals surface area contributed by atoms with Crippen LogP contribution in [0.5, 0.6) is 11.5 Å². The zero-order chi connectivity index (χ0) is 29.5. The van der Waals surface area contributed by atoms with Crippen molar-refractivity contribution in [2.24, 2.45) is 0 Å². The first-order chi connectivity index (χ1) is 19.5. The molecule has 0 radical (unpaired) electrons. The van der Waals surface area contributed by atoms with Crippen LogP contribution < -0.4 is 14.4 Å². The highest BCUT2D eigenvalue weighted by atomic mass is 16.5. The van der Waals surface area contributed by atoms with Crippen LogP contribution in [0.25, 0.3) is 11.1 Å². The molecular weight excluding hydrogens is 510 g/mol. The van der Waals surface area contributed by atoms with E-state index in [0.717, 1.165) is 16.9 Å². The molecule has 0 spiro atoms. The number of esters is 2. The SMILES string of the molecule is C=C(C)C(=O)Oc1cc(OC(=O)C(=C)C)cc(N(c2ccc(C)cc2)c2ccc3c(c2)C(C)(C)c2ccccc2-3)c1. The van der Waals surface area contributed by atoms with Crippen LogP contribution in [0.1, 0.15) is 44.4 Å². The number of carbonyl (C=O) groups is 2. The predicted octanol–water partition coefficient (Wildman–Crippen LogP) is 8.73. The molecule has 0 unspecified atom stereocenters. The van der Waals surface area contributed by atoms with Gasteiger partial charge in [-0.25, -0.2) is 9.59 Å². The Morgan fingerprint density at radius 3 is 1.78 bits per heavy atom. The largest absolute Gasteiger partial charge is 0.423 e. The molecule has 1 aliphatic rings. The van der Waals surface area contributed by atoms with Crippen molar-refractivity contribution in [1.82, 2.24) is 0 Å². The molecule has 1 aliphatic carbocycles. The Morgan fingerprint density at radius 1 is 0.659 bits per heavy atom. The molecule has 206 valence electrons. The lowest BCUT2D eigenvalue weighted by Gasteiger charge is -2.28. The highest BCUT2D eigenvalue weighted by molar-refractivity contribution is 5.91. The number of aryl methyl sites for hydroxylation is 1. The molecule has 5 nitrogen and oxygen atoms in total. The summed E-state index contributed by atoms with van der Waals surface area (Å²) in [7, 11) is 0. The summed E-state index contributed by atoms with van der Waals surface area (Å²) in [6, 6.07) is 28.2. The first-order valence-corrected chi connectivity index (χ1v) is 13.5. The summed E-state index contributed by atoms with van der Waals surface area (Å²) in [6.07, 6.45) is 0. The van der Waals surface area contributed by atoms with Gasteiger partial charge in [0, 0.05) is 46.1 Å². The van der Waals surface area contributed by atoms with Gasteiger partial charge in [-0.15, -0.1) is 0 Å². The second-order valence-corrected chi connectivity index (χ2v) is 11.1. The Kier molecular flexibility index (Phi) is 7.14. The Hall–Kier alpha value is -4.90. The molecule has 0 fully saturated rings. The fraction of sp³-hybridized carbons (Fsp3) is 0.167. The average Bonchev–Trinajstić information content (AvgIpc) is 3.16. The summed E-state index contributed by atoms with van der Waals surface area (Å²) in [5.74, 6) is -0.687. The number of benzene rings is 4. The van der Waals surface area contributed by atoms with Crippen LogP contribution in [-0.4, -0.2) is 11.9 Å². The third kappa shape index (κ3) is 5.31. The molecule has 0 aromatic heterocycles. The molecule has 0 saturated heterocycles. The number of rotatable bonds is 7. The Morgan fingerprint density at radius 2 is 1.20 bits per heavy atom. The summed E-state index contributed by atoms with van der Waals surface area (Å²) in [5.41, 5.74) is 8.85. The molecule has 0 N–H and O–H groups in total. The minimum Gasteiger partial charge on any atom is -0.423 e. The van der Waals surface area contributed by atoms with Gasteiger partial charge in [-0.3, -0.25) is 0 Å². The molecule has 0 atom stereocenters. The predicted molar refractivity (Wildman–Crippen MR) is 164 cm³/mol. The number of carbonyl (C=O) groups excluding carboxylic acids is 2. The van der Waals surface area contributed by atoms with Crippen LogP contribution in [0.3, 0.4) is 0 Å². The summed E-state index contributed by atoms with van der Waals surface area (Å²) < 4.78 is 11.2. The summed E-state index contributed by atoms with van der Waals surface area (Å²) in [6.45, 7) is 17.1. The van der Waals surface area contributed by atoms with Crippen molar-refractivity contribution in [1.29, 1.82) is 0 Å². The van der Waals surface area contributed by atoms with E-state index in [0.29, 0.717) is 5.69 Å². The number of anilines is 3. The minimum atomic E-state index is -0.571. The van der Waals surface area contributed by atoms with Gasteiger partial charge < -0.3 is 14.4 Å². The quantitative estimate of drug-likeness (QED) is 0.133. The van der Waals surface area contributed by atoms with E-state index in [1.165, 1.54) is 28.3 Å². The van der Waals surface area contributed by atoms with Crippen molar-refractivity contribution in [2.45, 2.75) is 40.0 Å². The molecule has 5 rings (SSSR count). The van der Waals surface area contributed by atoms with Gasteiger partial charge in [0.1, 0.15) is 11.5 Å². The van der Waals surface area contributed by atoms with Crippen LogP contribution in [0, 0.1) is 6.92 Å². The Bertz CT molecular complexity index is 1670. The van der Waals surface area contributed by atoms with Gasteiger partial charge in [-0.1, -0.05) is 75.0 Å². The lowest BCUT2D eigenvalue weighted by molar-refractivity contribution is -0.130. The second-order valence-electron chi connectivity index (χ2n) is 11.1. The number of hydrogen-bond acceptors (Lipinski definition) is 5. The average molecular weight is 544 g/mol. The maximum Gasteiger partial charge on any atom is 0.338 e. The molecule has 0 aliphatic heterocycles. The lowest BCUT2D eigenvalue weighted by atomic mass is 9.82. The van der Waals surface area contributed by atoms with Crippen molar-refractivity contribution >= 4 is 29.0 Å². The van der Waals surface area contributed by atoms with Crippen LogP contribution in [-0.2, 0) is 15.0 Å². The highest BCUT2D eigenvalue weighted by Gasteiger charge is 2.35. The first kappa shape index (κ1) is 27.7. The van der Waals surface area contributed by atoms with E-state index in [-0.39, 0.29) is 28.1 Å². The van der Waals surface area contributed by atoms with Crippen molar-refractivity contribution in [3.05, 3.63) is 126 Å². The Labute approximate surface area is 241 Å². The van der Waals surface area contributed by atoms with Crippen molar-refractivity contribution < 1.29 is 19.1 Å². The highest BCUT2D eigenvalue weighted by Crippen LogP contribution is 2.50. The van der Waals surface area contributed by atoms with Crippen LogP contribution >= 0.6 is 0 Å². The zero-order valence-electron chi connectivity index (χ0n) is 24.1. The van der Waals surface area contributed by atoms with Gasteiger partial charge in [-0.2, -0.15) is 0 Å². The smallest absolute Gasteiger partial charge is 0.338 e. The fourth-order valence-electron chi connectivity index (χ4n) is 5.16. The molecule has 5 heteroatoms. The van der Waals surface area contributed by atoms with Crippen molar-refractivity contribution in [3.63, 3.8) is 0 Å². The topological polar surface area (TPSA) is 55.8 Å². The monoisotopic (exact) mass is 543 g/mol. The molecular formula is C36H33NO4. The van der Waals surface area contributed by atoms with Gasteiger partial charge >= 0.3 is 11.9 Å². The molecule has 0 saturated carbocycles. The van der Waals surface area contributed by atoms with Gasteiger partial charge in [0.25, 0.3) is 0 Å². The number of nitrogens with zero attached hydrogens (tertiary/aromatic N) is 1. The van der Waals surface area contributed by atoms with Crippen molar-refractivity contribution in [3.8, 4) is 22.6 Å². The zero-order valence-corrected chi connectivity index (χ0v) is 24.1. The van der Waals surface area contributed by atoms with Gasteiger partial charge in [-0.05, 0) is 67.3 Å². The lowest BCUT2D eigenvalue weighted by Crippen LogP contribution is -2.17. The summed E-state index contributed by atoms with van der Waals surface area (Å²) in [4.78, 5) is 27.0. The fourth-order valence-corrected chi connectivity index (χ4v) is 5.16. The van der Waals surface area contributed by atoms with E-state index in [1.54, 1.807) is 26.0 Å². The van der Waals surface area contributed by atoms with E-state index in [9.17, 15) is 9.59 Å². The molecule has 0 bridgehead atoms. The van der Waals surface area contributed by atoms with E-state index in [4.69, 9.17) is 9.47 Å². The first-order valence-electron chi connectivity index (χ1n) is 13.5. The Balaban J connectivity index is 1.70. The summed E-state index contributed by atoms with van der Waals surface area (Å²) in [5, 5.41) is 0. The molecule has 41 heavy (non-hydrogen) atoms. The molecule has 0 heterocycles. The summed E-state index contributed by atoms with van der Waals surface area (Å²) >= 11 is 0. The van der Waals surface area contributed by atoms with E-state index in [2.05, 4.69) is 74.4 Å². The number of fused-ring (bicyclic) bond motifs is 3. The van der Waals surface area contributed by atoms with Crippen molar-refractivity contribution in [2.75, 3.05) is 4.90 Å². The third-order valence-electron chi connectivity index (χ3n) is 7.36. The van der Waals surface area contributed by atoms with Gasteiger partial charge in [0.15, 0.2) is 0 Å². The molecule has 4 aromatic rings. The van der Waals surface area contributed by atoms with E-state index < -0.39 is 11.9 Å². The molecule has 4 aromatic carbocycles. The normalized spacial score (nSPS) is 12.6. The maximum atomic E-state index is 12.5. The van der Waals surface area contributed by atoms with Gasteiger partial charge in [0.05, 0.1) is 5.69 Å². The van der Waals surface area contributed by atoms with Crippen LogP contribution in [0.4, 0.5) is 17.1 Å². The number of hydrogen-bond donors (Lipinski definition) is 0. The standard InChI is InChI=1S/C36H33NO4/c1-22(2)34(38)40-28-18-27(19-29(21-28)41-35(39)23(3)4)37(25-14-12-24(5)13-15-25)26-16-17-31-30-10-8-9-11-32(30)36(6,7)33(31)20-26/h8-21H,1,3H2,2,4-7H3. The minimum absolute atomic E-state index is 0.193. The maximum absolute atomic E-state index is 12.5. The second kappa shape index (κ2) is 10.6. The van der Waals surface area contributed by atoms with Crippen LogP contribution in [0.2, 0.25) is 0 Å². The number of ether oxygens (including phenoxy) is 2. The third-order valence-corrected chi connectivity index (χ3v) is 7.36.